The molecule has 0 aliphatic heterocycles. The molecule has 105 valence electrons. The van der Waals surface area contributed by atoms with Crippen LogP contribution in [-0.4, -0.2) is 5.54 Å². The van der Waals surface area contributed by atoms with E-state index in [0.29, 0.717) is 10.0 Å². The quantitative estimate of drug-likeness (QED) is 0.640. The van der Waals surface area contributed by atoms with Gasteiger partial charge < -0.3 is 5.32 Å². The van der Waals surface area contributed by atoms with Gasteiger partial charge >= 0.3 is 0 Å². The molecule has 0 saturated carbocycles. The molecule has 0 fully saturated rings. The van der Waals surface area contributed by atoms with E-state index in [1.54, 1.807) is 0 Å². The number of rotatable bonds is 2. The summed E-state index contributed by atoms with van der Waals surface area (Å²) in [7, 11) is 0. The van der Waals surface area contributed by atoms with Gasteiger partial charge in [-0.2, -0.15) is 0 Å². The summed E-state index contributed by atoms with van der Waals surface area (Å²) in [6.45, 7) is 6.31. The molecule has 0 amide bonds. The Labute approximate surface area is 138 Å². The van der Waals surface area contributed by atoms with Crippen molar-refractivity contribution in [1.82, 2.24) is 0 Å². The van der Waals surface area contributed by atoms with Crippen molar-refractivity contribution in [3.8, 4) is 11.1 Å². The third-order valence-corrected chi connectivity index (χ3v) is 3.76. The summed E-state index contributed by atoms with van der Waals surface area (Å²) in [5.41, 5.74) is 2.69. The zero-order valence-corrected chi connectivity index (χ0v) is 14.6. The Morgan fingerprint density at radius 1 is 1.10 bits per heavy atom. The maximum absolute atomic E-state index is 6.27. The Hall–Kier alpha value is -0.700. The Morgan fingerprint density at radius 2 is 1.80 bits per heavy atom. The van der Waals surface area contributed by atoms with Crippen LogP contribution in [0.3, 0.4) is 0 Å². The van der Waals surface area contributed by atoms with Gasteiger partial charge in [-0.15, -0.1) is 0 Å². The summed E-state index contributed by atoms with van der Waals surface area (Å²) < 4.78 is 0.960. The first-order valence-electron chi connectivity index (χ1n) is 6.21. The lowest BCUT2D eigenvalue weighted by Crippen LogP contribution is -2.25. The van der Waals surface area contributed by atoms with Crippen LogP contribution in [0, 0.1) is 6.07 Å². The van der Waals surface area contributed by atoms with E-state index in [4.69, 9.17) is 23.2 Å². The van der Waals surface area contributed by atoms with Crippen LogP contribution >= 0.6 is 39.1 Å². The predicted octanol–water partition coefficient (Wildman–Crippen LogP) is 6.43. The molecule has 1 nitrogen and oxygen atoms in total. The molecule has 0 aliphatic rings. The van der Waals surface area contributed by atoms with E-state index in [1.807, 2.05) is 30.3 Å². The van der Waals surface area contributed by atoms with E-state index in [1.165, 1.54) is 0 Å². The monoisotopic (exact) mass is 370 g/mol. The lowest BCUT2D eigenvalue weighted by Gasteiger charge is -2.23. The highest BCUT2D eigenvalue weighted by Gasteiger charge is 2.13. The van der Waals surface area contributed by atoms with E-state index >= 15 is 0 Å². The fourth-order valence-corrected chi connectivity index (χ4v) is 2.68. The van der Waals surface area contributed by atoms with Crippen LogP contribution in [-0.2, 0) is 0 Å². The van der Waals surface area contributed by atoms with Gasteiger partial charge in [0.15, 0.2) is 0 Å². The maximum Gasteiger partial charge on any atom is 0.0565 e. The molecule has 2 aromatic rings. The third-order valence-electron chi connectivity index (χ3n) is 2.63. The van der Waals surface area contributed by atoms with Crippen molar-refractivity contribution in [1.29, 1.82) is 0 Å². The van der Waals surface area contributed by atoms with Crippen molar-refractivity contribution in [2.75, 3.05) is 5.32 Å². The van der Waals surface area contributed by atoms with E-state index < -0.39 is 0 Å². The summed E-state index contributed by atoms with van der Waals surface area (Å²) in [5.74, 6) is 0. The average molecular weight is 372 g/mol. The van der Waals surface area contributed by atoms with Gasteiger partial charge in [0.2, 0.25) is 0 Å². The van der Waals surface area contributed by atoms with Crippen molar-refractivity contribution in [2.45, 2.75) is 26.3 Å². The summed E-state index contributed by atoms with van der Waals surface area (Å²) in [6.07, 6.45) is 0. The fourth-order valence-electron chi connectivity index (χ4n) is 1.88. The zero-order valence-electron chi connectivity index (χ0n) is 11.5. The number of hydrogen-bond donors (Lipinski definition) is 1. The van der Waals surface area contributed by atoms with Gasteiger partial charge in [0.05, 0.1) is 5.02 Å². The topological polar surface area (TPSA) is 12.0 Å². The minimum Gasteiger partial charge on any atom is -0.380 e. The van der Waals surface area contributed by atoms with Crippen LogP contribution in [0.25, 0.3) is 11.1 Å². The molecule has 4 heteroatoms. The van der Waals surface area contributed by atoms with E-state index in [-0.39, 0.29) is 5.54 Å². The molecule has 0 bridgehead atoms. The number of halogens is 3. The van der Waals surface area contributed by atoms with Crippen molar-refractivity contribution in [3.63, 3.8) is 0 Å². The molecular formula is C16H15BrCl2N. The molecule has 0 unspecified atom stereocenters. The Morgan fingerprint density at radius 3 is 2.45 bits per heavy atom. The molecule has 0 spiro atoms. The van der Waals surface area contributed by atoms with Gasteiger partial charge in [-0.05, 0) is 51.1 Å². The van der Waals surface area contributed by atoms with Crippen LogP contribution < -0.4 is 5.32 Å². The van der Waals surface area contributed by atoms with Crippen LogP contribution in [0.1, 0.15) is 20.8 Å². The molecule has 1 radical (unpaired) electrons. The minimum absolute atomic E-state index is 0.0278. The van der Waals surface area contributed by atoms with Crippen molar-refractivity contribution >= 4 is 44.8 Å². The third kappa shape index (κ3) is 3.91. The smallest absolute Gasteiger partial charge is 0.0565 e. The van der Waals surface area contributed by atoms with Crippen molar-refractivity contribution < 1.29 is 0 Å². The highest BCUT2D eigenvalue weighted by Crippen LogP contribution is 2.36. The van der Waals surface area contributed by atoms with Crippen LogP contribution in [0.15, 0.2) is 34.8 Å². The minimum atomic E-state index is -0.0278. The number of benzene rings is 2. The Bertz CT molecular complexity index is 633. The molecule has 0 aromatic heterocycles. The summed E-state index contributed by atoms with van der Waals surface area (Å²) in [6, 6.07) is 12.6. The maximum atomic E-state index is 6.27. The van der Waals surface area contributed by atoms with Crippen LogP contribution in [0.2, 0.25) is 10.0 Å². The molecule has 0 atom stereocenters. The largest absolute Gasteiger partial charge is 0.380 e. The second-order valence-corrected chi connectivity index (χ2v) is 7.32. The van der Waals surface area contributed by atoms with Gasteiger partial charge in [0.25, 0.3) is 0 Å². The lowest BCUT2D eigenvalue weighted by atomic mass is 10.0. The molecule has 1 N–H and O–H groups in total. The normalized spacial score (nSPS) is 11.5. The van der Waals surface area contributed by atoms with E-state index in [0.717, 1.165) is 21.3 Å². The molecule has 0 aliphatic carbocycles. The van der Waals surface area contributed by atoms with E-state index in [9.17, 15) is 0 Å². The summed E-state index contributed by atoms with van der Waals surface area (Å²) >= 11 is 16.0. The van der Waals surface area contributed by atoms with Gasteiger partial charge in [-0.3, -0.25) is 0 Å². The zero-order chi connectivity index (χ0) is 14.9. The first-order valence-corrected chi connectivity index (χ1v) is 7.76. The second kappa shape index (κ2) is 5.97. The van der Waals surface area contributed by atoms with Gasteiger partial charge in [0.1, 0.15) is 0 Å². The second-order valence-electron chi connectivity index (χ2n) is 5.62. The standard InChI is InChI=1S/C16H15BrCl2N/c1-16(2,3)20-11-5-7-15(19)13(9-11)12-8-10(17)4-6-14(12)18/h4-6,8-9,20H,1-3H3. The van der Waals surface area contributed by atoms with E-state index in [2.05, 4.69) is 48.1 Å². The van der Waals surface area contributed by atoms with Gasteiger partial charge in [0, 0.05) is 37.9 Å². The highest BCUT2D eigenvalue weighted by molar-refractivity contribution is 9.10. The first kappa shape index (κ1) is 15.7. The van der Waals surface area contributed by atoms with Crippen LogP contribution in [0.5, 0.6) is 0 Å². The number of nitrogens with one attached hydrogen (secondary N) is 1. The Balaban J connectivity index is 2.50. The van der Waals surface area contributed by atoms with Crippen molar-refractivity contribution in [3.05, 3.63) is 50.9 Å². The first-order chi connectivity index (χ1) is 9.26. The number of hydrogen-bond acceptors (Lipinski definition) is 1. The van der Waals surface area contributed by atoms with Gasteiger partial charge in [-0.25, -0.2) is 0 Å². The van der Waals surface area contributed by atoms with Gasteiger partial charge in [-0.1, -0.05) is 39.1 Å². The van der Waals surface area contributed by atoms with Crippen LogP contribution in [0.4, 0.5) is 5.69 Å². The highest BCUT2D eigenvalue weighted by atomic mass is 79.9. The summed E-state index contributed by atoms with van der Waals surface area (Å²) in [5, 5.41) is 4.63. The lowest BCUT2D eigenvalue weighted by molar-refractivity contribution is 0.634. The molecular weight excluding hydrogens is 357 g/mol. The molecule has 2 aromatic carbocycles. The molecule has 20 heavy (non-hydrogen) atoms. The predicted molar refractivity (Wildman–Crippen MR) is 91.8 cm³/mol. The fraction of sp³-hybridized carbons (Fsp3) is 0.250. The van der Waals surface area contributed by atoms with Crippen molar-refractivity contribution in [2.24, 2.45) is 0 Å². The molecule has 2 rings (SSSR count). The average Bonchev–Trinajstić information content (AvgIpc) is 2.33. The summed E-state index contributed by atoms with van der Waals surface area (Å²) in [4.78, 5) is 0. The molecule has 0 saturated heterocycles. The SMILES string of the molecule is CC(C)(C)Nc1c[c]c(Cl)c(-c2cc(Br)ccc2Cl)c1. The Kier molecular flexibility index (Phi) is 4.68. The number of anilines is 1. The molecule has 0 heterocycles.